The van der Waals surface area contributed by atoms with E-state index in [2.05, 4.69) is 5.32 Å². The van der Waals surface area contributed by atoms with Crippen LogP contribution in [-0.2, 0) is 14.3 Å². The van der Waals surface area contributed by atoms with Gasteiger partial charge in [0.2, 0.25) is 11.8 Å². The van der Waals surface area contributed by atoms with Crippen LogP contribution < -0.4 is 5.32 Å². The highest BCUT2D eigenvalue weighted by atomic mass is 32.2. The maximum atomic E-state index is 12.7. The second-order valence-electron chi connectivity index (χ2n) is 6.28. The van der Waals surface area contributed by atoms with E-state index in [1.165, 1.54) is 7.11 Å². The summed E-state index contributed by atoms with van der Waals surface area (Å²) in [5.74, 6) is -0.0532. The molecule has 128 valence electrons. The number of ether oxygens (including phenoxy) is 1. The summed E-state index contributed by atoms with van der Waals surface area (Å²) in [6.45, 7) is 3.87. The van der Waals surface area contributed by atoms with Gasteiger partial charge < -0.3 is 15.0 Å². The first kappa shape index (κ1) is 16.8. The van der Waals surface area contributed by atoms with Gasteiger partial charge in [-0.2, -0.15) is 0 Å². The lowest BCUT2D eigenvalue weighted by molar-refractivity contribution is -0.135. The lowest BCUT2D eigenvalue weighted by atomic mass is 10.1. The Morgan fingerprint density at radius 2 is 2.17 bits per heavy atom. The molecule has 7 heteroatoms. The third-order valence-corrected chi connectivity index (χ3v) is 6.17. The summed E-state index contributed by atoms with van der Waals surface area (Å²) < 4.78 is 4.71. The van der Waals surface area contributed by atoms with E-state index >= 15 is 0 Å². The zero-order valence-electron chi connectivity index (χ0n) is 13.9. The van der Waals surface area contributed by atoms with Crippen LogP contribution >= 0.6 is 11.8 Å². The summed E-state index contributed by atoms with van der Waals surface area (Å²) >= 11 is 1.65. The molecule has 1 N–H and O–H groups in total. The number of methoxy groups -OCH3 is 1. The Labute approximate surface area is 144 Å². The van der Waals surface area contributed by atoms with Gasteiger partial charge in [0, 0.05) is 17.9 Å². The molecule has 2 aliphatic heterocycles. The first-order chi connectivity index (χ1) is 11.4. The van der Waals surface area contributed by atoms with E-state index < -0.39 is 12.0 Å². The Hall–Kier alpha value is -2.02. The van der Waals surface area contributed by atoms with Crippen LogP contribution in [-0.4, -0.2) is 46.5 Å². The minimum Gasteiger partial charge on any atom is -0.465 e. The van der Waals surface area contributed by atoms with Crippen LogP contribution in [0.25, 0.3) is 0 Å². The molecule has 0 aromatic heterocycles. The summed E-state index contributed by atoms with van der Waals surface area (Å²) in [5, 5.41) is 2.87. The van der Waals surface area contributed by atoms with Crippen molar-refractivity contribution in [3.63, 3.8) is 0 Å². The molecule has 0 saturated carbocycles. The molecule has 1 aromatic carbocycles. The quantitative estimate of drug-likeness (QED) is 0.848. The van der Waals surface area contributed by atoms with Crippen LogP contribution in [0, 0.1) is 6.92 Å². The molecule has 1 aromatic rings. The van der Waals surface area contributed by atoms with Gasteiger partial charge in [-0.3, -0.25) is 9.59 Å². The number of nitrogens with zero attached hydrogens (tertiary/aromatic N) is 1. The Balaban J connectivity index is 1.80. The molecule has 24 heavy (non-hydrogen) atoms. The van der Waals surface area contributed by atoms with E-state index in [-0.39, 0.29) is 16.7 Å². The van der Waals surface area contributed by atoms with Gasteiger partial charge in [-0.15, -0.1) is 11.8 Å². The van der Waals surface area contributed by atoms with Crippen molar-refractivity contribution in [2.75, 3.05) is 18.2 Å². The number of rotatable bonds is 3. The average Bonchev–Trinajstić information content (AvgIpc) is 3.05. The maximum absolute atomic E-state index is 12.7. The van der Waals surface area contributed by atoms with Gasteiger partial charge in [0.25, 0.3) is 0 Å². The number of fused-ring (bicyclic) bond motifs is 1. The minimum absolute atomic E-state index is 0.0303. The zero-order valence-corrected chi connectivity index (χ0v) is 14.7. The fourth-order valence-corrected chi connectivity index (χ4v) is 4.66. The summed E-state index contributed by atoms with van der Waals surface area (Å²) in [5.41, 5.74) is 1.78. The SMILES string of the molecule is COC(=O)c1ccc(C)c(NC(=O)[C@H]2CS[C@]3(C)CCC(=O)N23)c1. The predicted octanol–water partition coefficient (Wildman–Crippen LogP) is 2.17. The molecule has 2 atom stereocenters. The van der Waals surface area contributed by atoms with E-state index in [9.17, 15) is 14.4 Å². The van der Waals surface area contributed by atoms with Crippen LogP contribution in [0.2, 0.25) is 0 Å². The van der Waals surface area contributed by atoms with Crippen LogP contribution in [0.3, 0.4) is 0 Å². The van der Waals surface area contributed by atoms with Crippen molar-refractivity contribution < 1.29 is 19.1 Å². The van der Waals surface area contributed by atoms with Crippen LogP contribution in [0.1, 0.15) is 35.7 Å². The first-order valence-electron chi connectivity index (χ1n) is 7.82. The second kappa shape index (κ2) is 6.12. The summed E-state index contributed by atoms with van der Waals surface area (Å²) in [4.78, 5) is 38.0. The Kier molecular flexibility index (Phi) is 4.29. The van der Waals surface area contributed by atoms with Gasteiger partial charge in [-0.05, 0) is 38.0 Å². The minimum atomic E-state index is -0.476. The van der Waals surface area contributed by atoms with Gasteiger partial charge in [0.05, 0.1) is 17.5 Å². The van der Waals surface area contributed by atoms with Gasteiger partial charge in [-0.25, -0.2) is 4.79 Å². The molecule has 0 bridgehead atoms. The molecule has 2 heterocycles. The van der Waals surface area contributed by atoms with Crippen molar-refractivity contribution in [2.45, 2.75) is 37.6 Å². The van der Waals surface area contributed by atoms with Crippen LogP contribution in [0.5, 0.6) is 0 Å². The molecule has 2 saturated heterocycles. The van der Waals surface area contributed by atoms with Crippen molar-refractivity contribution in [1.82, 2.24) is 4.90 Å². The van der Waals surface area contributed by atoms with E-state index in [0.717, 1.165) is 12.0 Å². The molecule has 3 rings (SSSR count). The number of thioether (sulfide) groups is 1. The number of anilines is 1. The van der Waals surface area contributed by atoms with Gasteiger partial charge in [-0.1, -0.05) is 6.07 Å². The van der Waals surface area contributed by atoms with Crippen molar-refractivity contribution >= 4 is 35.2 Å². The molecule has 6 nitrogen and oxygen atoms in total. The molecule has 0 unspecified atom stereocenters. The number of aryl methyl sites for hydroxylation is 1. The van der Waals surface area contributed by atoms with E-state index in [4.69, 9.17) is 4.74 Å². The Morgan fingerprint density at radius 3 is 2.88 bits per heavy atom. The molecule has 2 fully saturated rings. The second-order valence-corrected chi connectivity index (χ2v) is 7.78. The van der Waals surface area contributed by atoms with Crippen molar-refractivity contribution in [3.8, 4) is 0 Å². The van der Waals surface area contributed by atoms with E-state index in [1.807, 2.05) is 13.8 Å². The monoisotopic (exact) mass is 348 g/mol. The van der Waals surface area contributed by atoms with Crippen LogP contribution in [0.15, 0.2) is 18.2 Å². The Morgan fingerprint density at radius 1 is 1.42 bits per heavy atom. The van der Waals surface area contributed by atoms with E-state index in [0.29, 0.717) is 23.4 Å². The highest BCUT2D eigenvalue weighted by Gasteiger charge is 2.52. The number of hydrogen-bond donors (Lipinski definition) is 1. The van der Waals surface area contributed by atoms with Crippen molar-refractivity contribution in [1.29, 1.82) is 0 Å². The number of benzene rings is 1. The van der Waals surface area contributed by atoms with E-state index in [1.54, 1.807) is 34.9 Å². The van der Waals surface area contributed by atoms with Gasteiger partial charge >= 0.3 is 5.97 Å². The predicted molar refractivity (Wildman–Crippen MR) is 91.9 cm³/mol. The molecule has 2 amide bonds. The summed E-state index contributed by atoms with van der Waals surface area (Å²) in [6, 6.07) is 4.54. The average molecular weight is 348 g/mol. The molecular weight excluding hydrogens is 328 g/mol. The normalized spacial score (nSPS) is 25.5. The third kappa shape index (κ3) is 2.77. The fraction of sp³-hybridized carbons (Fsp3) is 0.471. The lowest BCUT2D eigenvalue weighted by Gasteiger charge is -2.30. The highest BCUT2D eigenvalue weighted by Crippen LogP contribution is 2.47. The number of amides is 2. The fourth-order valence-electron chi connectivity index (χ4n) is 3.23. The number of hydrogen-bond acceptors (Lipinski definition) is 5. The van der Waals surface area contributed by atoms with Crippen molar-refractivity contribution in [2.24, 2.45) is 0 Å². The standard InChI is InChI=1S/C17H20N2O4S/c1-10-4-5-11(16(22)23-3)8-12(10)18-15(21)13-9-24-17(2)7-6-14(20)19(13)17/h4-5,8,13H,6-7,9H2,1-3H3,(H,18,21)/t13-,17-/m1/s1. The smallest absolute Gasteiger partial charge is 0.337 e. The number of carbonyl (C=O) groups is 3. The topological polar surface area (TPSA) is 75.7 Å². The lowest BCUT2D eigenvalue weighted by Crippen LogP contribution is -2.48. The zero-order chi connectivity index (χ0) is 17.5. The van der Waals surface area contributed by atoms with Gasteiger partial charge in [0.15, 0.2) is 0 Å². The number of nitrogens with one attached hydrogen (secondary N) is 1. The van der Waals surface area contributed by atoms with Gasteiger partial charge in [0.1, 0.15) is 6.04 Å². The number of esters is 1. The summed E-state index contributed by atoms with van der Waals surface area (Å²) in [7, 11) is 1.32. The highest BCUT2D eigenvalue weighted by molar-refractivity contribution is 8.01. The molecule has 0 radical (unpaired) electrons. The first-order valence-corrected chi connectivity index (χ1v) is 8.80. The Bertz CT molecular complexity index is 721. The maximum Gasteiger partial charge on any atom is 0.337 e. The molecule has 0 spiro atoms. The number of carbonyl (C=O) groups excluding carboxylic acids is 3. The van der Waals surface area contributed by atoms with Crippen LogP contribution in [0.4, 0.5) is 5.69 Å². The summed E-state index contributed by atoms with van der Waals surface area (Å²) in [6.07, 6.45) is 1.27. The molecule has 0 aliphatic carbocycles. The largest absolute Gasteiger partial charge is 0.465 e. The third-order valence-electron chi connectivity index (χ3n) is 4.66. The molecular formula is C17H20N2O4S. The molecule has 2 aliphatic rings. The van der Waals surface area contributed by atoms with Crippen molar-refractivity contribution in [3.05, 3.63) is 29.3 Å².